The van der Waals surface area contributed by atoms with Gasteiger partial charge in [0.25, 0.3) is 0 Å². The van der Waals surface area contributed by atoms with Gasteiger partial charge in [0.1, 0.15) is 0 Å². The van der Waals surface area contributed by atoms with Gasteiger partial charge in [0.15, 0.2) is 0 Å². The number of hydrogen-bond acceptors (Lipinski definition) is 2. The first-order valence-electron chi connectivity index (χ1n) is 9.65. The first kappa shape index (κ1) is 21.0. The fourth-order valence-electron chi connectivity index (χ4n) is 3.68. The maximum Gasteiger partial charge on any atom is 0.309 e. The summed E-state index contributed by atoms with van der Waals surface area (Å²) in [5, 5.41) is 9.23. The van der Waals surface area contributed by atoms with E-state index in [-0.39, 0.29) is 11.8 Å². The van der Waals surface area contributed by atoms with Gasteiger partial charge in [0.2, 0.25) is 5.91 Å². The molecule has 0 saturated carbocycles. The Kier molecular flexibility index (Phi) is 8.24. The molecule has 1 saturated heterocycles. The minimum absolute atomic E-state index is 0.127. The third-order valence-corrected chi connectivity index (χ3v) is 5.39. The molecule has 4 heteroatoms. The Balaban J connectivity index is 2.33. The number of nitrogens with zero attached hydrogens (tertiary/aromatic N) is 1. The van der Waals surface area contributed by atoms with Crippen LogP contribution < -0.4 is 0 Å². The van der Waals surface area contributed by atoms with Crippen molar-refractivity contribution in [3.63, 3.8) is 0 Å². The Hall–Kier alpha value is -1.06. The molecule has 140 valence electrons. The van der Waals surface area contributed by atoms with Crippen LogP contribution >= 0.6 is 0 Å². The zero-order chi connectivity index (χ0) is 18.3. The maximum atomic E-state index is 12.6. The highest BCUT2D eigenvalue weighted by Gasteiger charge is 2.34. The standard InChI is InChI=1S/C20H37NO3/c1-15(2)8-6-7-9-17-10-12-21(13-11-17)18(22)16(3)14-20(4,5)19(23)24/h15-17H,6-14H2,1-5H3,(H,23,24). The topological polar surface area (TPSA) is 57.6 Å². The van der Waals surface area contributed by atoms with Gasteiger partial charge in [0.05, 0.1) is 5.41 Å². The zero-order valence-electron chi connectivity index (χ0n) is 16.3. The van der Waals surface area contributed by atoms with Crippen LogP contribution in [-0.2, 0) is 9.59 Å². The molecular formula is C20H37NO3. The first-order chi connectivity index (χ1) is 11.1. The molecule has 24 heavy (non-hydrogen) atoms. The molecule has 0 spiro atoms. The van der Waals surface area contributed by atoms with Crippen LogP contribution in [0.1, 0.15) is 79.6 Å². The monoisotopic (exact) mass is 339 g/mol. The van der Waals surface area contributed by atoms with E-state index in [1.54, 1.807) is 13.8 Å². The summed E-state index contributed by atoms with van der Waals surface area (Å²) in [5.74, 6) is 0.622. The van der Waals surface area contributed by atoms with E-state index in [9.17, 15) is 14.7 Å². The lowest BCUT2D eigenvalue weighted by Crippen LogP contribution is -2.42. The largest absolute Gasteiger partial charge is 0.481 e. The van der Waals surface area contributed by atoms with Crippen molar-refractivity contribution in [3.05, 3.63) is 0 Å². The highest BCUT2D eigenvalue weighted by Crippen LogP contribution is 2.29. The van der Waals surface area contributed by atoms with E-state index in [4.69, 9.17) is 0 Å². The van der Waals surface area contributed by atoms with Gasteiger partial charge in [-0.2, -0.15) is 0 Å². The predicted octanol–water partition coefficient (Wildman–Crippen LogP) is 4.58. The summed E-state index contributed by atoms with van der Waals surface area (Å²) in [5.41, 5.74) is -0.843. The zero-order valence-corrected chi connectivity index (χ0v) is 16.3. The number of amides is 1. The van der Waals surface area contributed by atoms with Crippen LogP contribution in [0.15, 0.2) is 0 Å². The molecule has 1 fully saturated rings. The number of piperidine rings is 1. The fourth-order valence-corrected chi connectivity index (χ4v) is 3.68. The number of aliphatic carboxylic acids is 1. The first-order valence-corrected chi connectivity index (χ1v) is 9.65. The van der Waals surface area contributed by atoms with E-state index in [0.29, 0.717) is 6.42 Å². The van der Waals surface area contributed by atoms with E-state index in [1.807, 2.05) is 11.8 Å². The van der Waals surface area contributed by atoms with E-state index < -0.39 is 11.4 Å². The number of carbonyl (C=O) groups excluding carboxylic acids is 1. The molecule has 4 nitrogen and oxygen atoms in total. The SMILES string of the molecule is CC(C)CCCCC1CCN(C(=O)C(C)CC(C)(C)C(=O)O)CC1. The van der Waals surface area contributed by atoms with Crippen LogP contribution in [0.5, 0.6) is 0 Å². The van der Waals surface area contributed by atoms with E-state index in [0.717, 1.165) is 37.8 Å². The average molecular weight is 340 g/mol. The Labute approximate surface area is 148 Å². The normalized spacial score (nSPS) is 18.0. The Morgan fingerprint density at radius 1 is 1.12 bits per heavy atom. The molecule has 1 aliphatic heterocycles. The van der Waals surface area contributed by atoms with Crippen molar-refractivity contribution >= 4 is 11.9 Å². The average Bonchev–Trinajstić information content (AvgIpc) is 2.50. The fraction of sp³-hybridized carbons (Fsp3) is 0.900. The number of likely N-dealkylation sites (tertiary alicyclic amines) is 1. The molecule has 1 aliphatic rings. The lowest BCUT2D eigenvalue weighted by molar-refractivity contribution is -0.149. The van der Waals surface area contributed by atoms with Crippen LogP contribution in [0, 0.1) is 23.2 Å². The van der Waals surface area contributed by atoms with Gasteiger partial charge in [-0.15, -0.1) is 0 Å². The smallest absolute Gasteiger partial charge is 0.309 e. The van der Waals surface area contributed by atoms with Crippen LogP contribution in [-0.4, -0.2) is 35.0 Å². The number of carbonyl (C=O) groups is 2. The molecule has 1 heterocycles. The molecule has 0 bridgehead atoms. The van der Waals surface area contributed by atoms with Crippen LogP contribution in [0.25, 0.3) is 0 Å². The molecule has 0 aromatic rings. The van der Waals surface area contributed by atoms with E-state index in [1.165, 1.54) is 25.7 Å². The van der Waals surface area contributed by atoms with Crippen molar-refractivity contribution in [2.45, 2.75) is 79.6 Å². The Bertz CT molecular complexity index is 409. The van der Waals surface area contributed by atoms with Crippen molar-refractivity contribution < 1.29 is 14.7 Å². The highest BCUT2D eigenvalue weighted by atomic mass is 16.4. The molecule has 1 atom stereocenters. The molecule has 0 aliphatic carbocycles. The molecule has 1 amide bonds. The lowest BCUT2D eigenvalue weighted by Gasteiger charge is -2.35. The van der Waals surface area contributed by atoms with Gasteiger partial charge < -0.3 is 10.0 Å². The number of unbranched alkanes of at least 4 members (excludes halogenated alkanes) is 1. The van der Waals surface area contributed by atoms with Crippen LogP contribution in [0.3, 0.4) is 0 Å². The highest BCUT2D eigenvalue weighted by molar-refractivity contribution is 5.80. The van der Waals surface area contributed by atoms with Crippen molar-refractivity contribution in [1.82, 2.24) is 4.90 Å². The minimum atomic E-state index is -0.843. The minimum Gasteiger partial charge on any atom is -0.481 e. The second-order valence-electron chi connectivity index (χ2n) is 8.74. The Morgan fingerprint density at radius 2 is 1.71 bits per heavy atom. The molecule has 0 radical (unpaired) electrons. The molecule has 0 aromatic heterocycles. The predicted molar refractivity (Wildman–Crippen MR) is 97.8 cm³/mol. The Morgan fingerprint density at radius 3 is 2.21 bits per heavy atom. The summed E-state index contributed by atoms with van der Waals surface area (Å²) in [7, 11) is 0. The molecule has 1 rings (SSSR count). The van der Waals surface area contributed by atoms with Crippen LogP contribution in [0.4, 0.5) is 0 Å². The summed E-state index contributed by atoms with van der Waals surface area (Å²) >= 11 is 0. The van der Waals surface area contributed by atoms with Crippen molar-refractivity contribution in [2.75, 3.05) is 13.1 Å². The summed E-state index contributed by atoms with van der Waals surface area (Å²) in [4.78, 5) is 25.8. The molecule has 0 aromatic carbocycles. The van der Waals surface area contributed by atoms with Gasteiger partial charge in [-0.1, -0.05) is 46.5 Å². The number of carboxylic acid groups (broad SMARTS) is 1. The quantitative estimate of drug-likeness (QED) is 0.626. The molecular weight excluding hydrogens is 302 g/mol. The van der Waals surface area contributed by atoms with E-state index >= 15 is 0 Å². The van der Waals surface area contributed by atoms with Crippen molar-refractivity contribution in [2.24, 2.45) is 23.2 Å². The van der Waals surface area contributed by atoms with Gasteiger partial charge in [-0.25, -0.2) is 0 Å². The third kappa shape index (κ3) is 6.82. The van der Waals surface area contributed by atoms with Gasteiger partial charge in [0, 0.05) is 19.0 Å². The summed E-state index contributed by atoms with van der Waals surface area (Å²) in [6.45, 7) is 11.5. The summed E-state index contributed by atoms with van der Waals surface area (Å²) < 4.78 is 0. The number of hydrogen-bond donors (Lipinski definition) is 1. The third-order valence-electron chi connectivity index (χ3n) is 5.39. The van der Waals surface area contributed by atoms with Gasteiger partial charge in [-0.05, 0) is 44.9 Å². The van der Waals surface area contributed by atoms with Crippen molar-refractivity contribution in [1.29, 1.82) is 0 Å². The second kappa shape index (κ2) is 9.43. The summed E-state index contributed by atoms with van der Waals surface area (Å²) in [6.07, 6.45) is 7.82. The molecule has 1 N–H and O–H groups in total. The molecule has 1 unspecified atom stereocenters. The second-order valence-corrected chi connectivity index (χ2v) is 8.74. The number of carboxylic acids is 1. The maximum absolute atomic E-state index is 12.6. The van der Waals surface area contributed by atoms with E-state index in [2.05, 4.69) is 13.8 Å². The van der Waals surface area contributed by atoms with Crippen molar-refractivity contribution in [3.8, 4) is 0 Å². The lowest BCUT2D eigenvalue weighted by atomic mass is 9.82. The van der Waals surface area contributed by atoms with Gasteiger partial charge >= 0.3 is 5.97 Å². The van der Waals surface area contributed by atoms with Gasteiger partial charge in [-0.3, -0.25) is 9.59 Å². The number of rotatable bonds is 9. The summed E-state index contributed by atoms with van der Waals surface area (Å²) in [6, 6.07) is 0. The van der Waals surface area contributed by atoms with Crippen LogP contribution in [0.2, 0.25) is 0 Å².